The average Bonchev–Trinajstić information content (AvgIpc) is 3.66. The van der Waals surface area contributed by atoms with E-state index in [2.05, 4.69) is 11.4 Å². The first-order chi connectivity index (χ1) is 18.1. The normalized spacial score (nSPS) is 16.0. The van der Waals surface area contributed by atoms with E-state index in [-0.39, 0.29) is 43.0 Å². The van der Waals surface area contributed by atoms with Gasteiger partial charge < -0.3 is 18.8 Å². The molecule has 8 nitrogen and oxygen atoms in total. The number of nitrogens with zero attached hydrogens (tertiary/aromatic N) is 2. The summed E-state index contributed by atoms with van der Waals surface area (Å²) in [5.41, 5.74) is 3.05. The maximum absolute atomic E-state index is 13.3. The second-order valence-electron chi connectivity index (χ2n) is 8.79. The number of anilines is 2. The molecule has 6 rings (SSSR count). The van der Waals surface area contributed by atoms with Crippen molar-refractivity contribution in [2.75, 3.05) is 23.6 Å². The Morgan fingerprint density at radius 2 is 1.65 bits per heavy atom. The summed E-state index contributed by atoms with van der Waals surface area (Å²) in [7, 11) is 0. The molecule has 37 heavy (non-hydrogen) atoms. The summed E-state index contributed by atoms with van der Waals surface area (Å²) in [6.45, 7) is 0.335. The van der Waals surface area contributed by atoms with E-state index in [4.69, 9.17) is 13.9 Å². The maximum Gasteiger partial charge on any atom is 0.232 e. The Labute approximate surface area is 212 Å². The lowest BCUT2D eigenvalue weighted by Crippen LogP contribution is -2.28. The van der Waals surface area contributed by atoms with Gasteiger partial charge in [0.25, 0.3) is 0 Å². The summed E-state index contributed by atoms with van der Waals surface area (Å²) in [6.07, 6.45) is 0.0416. The van der Waals surface area contributed by atoms with Gasteiger partial charge in [0.1, 0.15) is 17.4 Å². The third-order valence-corrected chi connectivity index (χ3v) is 6.52. The van der Waals surface area contributed by atoms with Gasteiger partial charge in [0.15, 0.2) is 11.5 Å². The Morgan fingerprint density at radius 1 is 0.946 bits per heavy atom. The van der Waals surface area contributed by atoms with Gasteiger partial charge in [-0.3, -0.25) is 14.9 Å². The second-order valence-corrected chi connectivity index (χ2v) is 8.79. The Balaban J connectivity index is 1.29. The number of nitriles is 1. The summed E-state index contributed by atoms with van der Waals surface area (Å²) in [6, 6.07) is 26.3. The van der Waals surface area contributed by atoms with Crippen LogP contribution in [0.1, 0.15) is 12.0 Å². The van der Waals surface area contributed by atoms with Gasteiger partial charge in [0, 0.05) is 35.8 Å². The zero-order chi connectivity index (χ0) is 25.4. The minimum Gasteiger partial charge on any atom is -0.454 e. The van der Waals surface area contributed by atoms with Crippen molar-refractivity contribution < 1.29 is 23.5 Å². The highest BCUT2D eigenvalue weighted by atomic mass is 16.7. The van der Waals surface area contributed by atoms with Gasteiger partial charge in [-0.1, -0.05) is 60.7 Å². The number of carbonyl (C=O) groups is 2. The van der Waals surface area contributed by atoms with Crippen molar-refractivity contribution in [3.8, 4) is 40.0 Å². The maximum atomic E-state index is 13.3. The second kappa shape index (κ2) is 9.21. The third kappa shape index (κ3) is 4.06. The molecule has 4 aromatic rings. The van der Waals surface area contributed by atoms with Crippen LogP contribution in [0.25, 0.3) is 22.5 Å². The van der Waals surface area contributed by atoms with Crippen molar-refractivity contribution >= 4 is 23.4 Å². The molecule has 0 spiro atoms. The van der Waals surface area contributed by atoms with E-state index in [1.165, 1.54) is 0 Å². The molecular formula is C29H21N3O5. The SMILES string of the molecule is N#Cc1c(NC(=O)C2CC(=O)N(c3ccc4c(c3)OCO4)C2)oc(-c2ccccc2)c1-c1ccccc1. The minimum atomic E-state index is -0.616. The predicted octanol–water partition coefficient (Wildman–Crippen LogP) is 5.21. The van der Waals surface area contributed by atoms with E-state index in [9.17, 15) is 14.9 Å². The molecule has 1 unspecified atom stereocenters. The van der Waals surface area contributed by atoms with Crippen molar-refractivity contribution in [3.63, 3.8) is 0 Å². The molecular weight excluding hydrogens is 470 g/mol. The van der Waals surface area contributed by atoms with Crippen LogP contribution < -0.4 is 19.7 Å². The standard InChI is InChI=1S/C29H21N3O5/c30-15-22-26(18-7-3-1-4-8-18)27(19-9-5-2-6-10-19)37-29(22)31-28(34)20-13-25(33)32(16-20)21-11-12-23-24(14-21)36-17-35-23/h1-12,14,20H,13,16-17H2,(H,31,34). The van der Waals surface area contributed by atoms with E-state index >= 15 is 0 Å². The summed E-state index contributed by atoms with van der Waals surface area (Å²) >= 11 is 0. The van der Waals surface area contributed by atoms with Crippen molar-refractivity contribution in [2.24, 2.45) is 5.92 Å². The number of rotatable bonds is 5. The zero-order valence-corrected chi connectivity index (χ0v) is 19.6. The van der Waals surface area contributed by atoms with Crippen molar-refractivity contribution in [1.29, 1.82) is 5.26 Å². The fraction of sp³-hybridized carbons (Fsp3) is 0.138. The van der Waals surface area contributed by atoms with Gasteiger partial charge in [-0.2, -0.15) is 5.26 Å². The number of hydrogen-bond donors (Lipinski definition) is 1. The molecule has 0 bridgehead atoms. The lowest BCUT2D eigenvalue weighted by atomic mass is 9.98. The molecule has 3 heterocycles. The van der Waals surface area contributed by atoms with Crippen LogP contribution in [0.3, 0.4) is 0 Å². The number of amides is 2. The summed E-state index contributed by atoms with van der Waals surface area (Å²) in [5.74, 6) is 0.566. The molecule has 1 atom stereocenters. The molecule has 8 heteroatoms. The van der Waals surface area contributed by atoms with Crippen LogP contribution in [-0.4, -0.2) is 25.2 Å². The van der Waals surface area contributed by atoms with Gasteiger partial charge in [0.05, 0.1) is 5.92 Å². The largest absolute Gasteiger partial charge is 0.454 e. The van der Waals surface area contributed by atoms with Gasteiger partial charge in [-0.05, 0) is 17.7 Å². The molecule has 2 amide bonds. The van der Waals surface area contributed by atoms with Gasteiger partial charge in [-0.25, -0.2) is 0 Å². The molecule has 2 aliphatic heterocycles. The molecule has 1 N–H and O–H groups in total. The van der Waals surface area contributed by atoms with E-state index in [1.807, 2.05) is 60.7 Å². The number of furan rings is 1. The van der Waals surface area contributed by atoms with Crippen molar-refractivity contribution in [2.45, 2.75) is 6.42 Å². The van der Waals surface area contributed by atoms with Crippen LogP contribution >= 0.6 is 0 Å². The smallest absolute Gasteiger partial charge is 0.232 e. The molecule has 182 valence electrons. The molecule has 3 aromatic carbocycles. The predicted molar refractivity (Wildman–Crippen MR) is 136 cm³/mol. The Bertz CT molecular complexity index is 1540. The lowest BCUT2D eigenvalue weighted by Gasteiger charge is -2.17. The zero-order valence-electron chi connectivity index (χ0n) is 19.6. The van der Waals surface area contributed by atoms with E-state index in [0.29, 0.717) is 28.5 Å². The van der Waals surface area contributed by atoms with E-state index in [1.54, 1.807) is 23.1 Å². The van der Waals surface area contributed by atoms with Crippen LogP contribution in [0.15, 0.2) is 83.3 Å². The monoisotopic (exact) mass is 491 g/mol. The minimum absolute atomic E-state index is 0.0416. The fourth-order valence-corrected chi connectivity index (χ4v) is 4.70. The third-order valence-electron chi connectivity index (χ3n) is 6.52. The number of nitrogens with one attached hydrogen (secondary N) is 1. The quantitative estimate of drug-likeness (QED) is 0.411. The molecule has 1 fully saturated rings. The van der Waals surface area contributed by atoms with E-state index in [0.717, 1.165) is 11.1 Å². The van der Waals surface area contributed by atoms with Crippen LogP contribution in [0, 0.1) is 17.2 Å². The van der Waals surface area contributed by atoms with E-state index < -0.39 is 5.92 Å². The fourth-order valence-electron chi connectivity index (χ4n) is 4.70. The average molecular weight is 492 g/mol. The van der Waals surface area contributed by atoms with Crippen LogP contribution in [0.2, 0.25) is 0 Å². The molecule has 0 saturated carbocycles. The first-order valence-corrected chi connectivity index (χ1v) is 11.8. The number of hydrogen-bond acceptors (Lipinski definition) is 6. The van der Waals surface area contributed by atoms with Crippen LogP contribution in [0.5, 0.6) is 11.5 Å². The highest BCUT2D eigenvalue weighted by Crippen LogP contribution is 2.42. The topological polar surface area (TPSA) is 105 Å². The van der Waals surface area contributed by atoms with Gasteiger partial charge in [0.2, 0.25) is 24.5 Å². The van der Waals surface area contributed by atoms with Crippen molar-refractivity contribution in [1.82, 2.24) is 0 Å². The number of benzene rings is 3. The Morgan fingerprint density at radius 3 is 2.38 bits per heavy atom. The summed E-state index contributed by atoms with van der Waals surface area (Å²) < 4.78 is 16.9. The number of carbonyl (C=O) groups excluding carboxylic acids is 2. The number of fused-ring (bicyclic) bond motifs is 1. The lowest BCUT2D eigenvalue weighted by molar-refractivity contribution is -0.122. The molecule has 2 aliphatic rings. The molecule has 0 aliphatic carbocycles. The highest BCUT2D eigenvalue weighted by Gasteiger charge is 2.37. The summed E-state index contributed by atoms with van der Waals surface area (Å²) in [5, 5.41) is 12.8. The Hall–Kier alpha value is -5.03. The van der Waals surface area contributed by atoms with Gasteiger partial charge in [-0.15, -0.1) is 0 Å². The van der Waals surface area contributed by atoms with Crippen molar-refractivity contribution in [3.05, 3.63) is 84.4 Å². The first kappa shape index (κ1) is 22.4. The number of ether oxygens (including phenoxy) is 2. The highest BCUT2D eigenvalue weighted by molar-refractivity contribution is 6.04. The van der Waals surface area contributed by atoms with Crippen LogP contribution in [0.4, 0.5) is 11.6 Å². The first-order valence-electron chi connectivity index (χ1n) is 11.8. The van der Waals surface area contributed by atoms with Crippen LogP contribution in [-0.2, 0) is 9.59 Å². The molecule has 1 saturated heterocycles. The summed E-state index contributed by atoms with van der Waals surface area (Å²) in [4.78, 5) is 27.6. The molecule has 0 radical (unpaired) electrons. The Kier molecular flexibility index (Phi) is 5.58. The molecule has 1 aromatic heterocycles. The van der Waals surface area contributed by atoms with Gasteiger partial charge >= 0.3 is 0 Å².